The third kappa shape index (κ3) is 3.09. The maximum absolute atomic E-state index is 12.0. The third-order valence-corrected chi connectivity index (χ3v) is 4.07. The van der Waals surface area contributed by atoms with Crippen LogP contribution in [0, 0.1) is 0 Å². The van der Waals surface area contributed by atoms with E-state index < -0.39 is 22.0 Å². The van der Waals surface area contributed by atoms with Crippen molar-refractivity contribution in [2.75, 3.05) is 6.61 Å². The second-order valence-corrected chi connectivity index (χ2v) is 5.66. The van der Waals surface area contributed by atoms with Crippen molar-refractivity contribution in [1.29, 1.82) is 0 Å². The molecule has 0 aliphatic carbocycles. The highest BCUT2D eigenvalue weighted by atomic mass is 32.2. The van der Waals surface area contributed by atoms with Crippen LogP contribution in [0.1, 0.15) is 23.8 Å². The number of sulfonamides is 1. The molecule has 102 valence electrons. The third-order valence-electron chi connectivity index (χ3n) is 2.58. The molecular formula is C10H17N3O4S. The van der Waals surface area contributed by atoms with Gasteiger partial charge in [-0.2, -0.15) is 0 Å². The summed E-state index contributed by atoms with van der Waals surface area (Å²) in [5.41, 5.74) is 5.21. The zero-order valence-corrected chi connectivity index (χ0v) is 11.1. The summed E-state index contributed by atoms with van der Waals surface area (Å²) >= 11 is 0. The molecular weight excluding hydrogens is 258 g/mol. The predicted octanol–water partition coefficient (Wildman–Crippen LogP) is -0.827. The SMILES string of the molecule is CC[C@@H](CO)NS(=O)(=O)c1cc(C(N)=O)n(C)c1. The first-order chi connectivity index (χ1) is 8.31. The van der Waals surface area contributed by atoms with Crippen LogP contribution in [0.15, 0.2) is 17.2 Å². The molecule has 8 heteroatoms. The Kier molecular flexibility index (Phi) is 4.49. The molecule has 1 aromatic heterocycles. The molecule has 0 aromatic carbocycles. The highest BCUT2D eigenvalue weighted by Gasteiger charge is 2.22. The van der Waals surface area contributed by atoms with Crippen LogP contribution in [0.2, 0.25) is 0 Å². The number of carbonyl (C=O) groups excluding carboxylic acids is 1. The molecule has 4 N–H and O–H groups in total. The van der Waals surface area contributed by atoms with E-state index in [2.05, 4.69) is 4.72 Å². The maximum atomic E-state index is 12.0. The molecule has 0 spiro atoms. The number of rotatable bonds is 6. The number of nitrogens with one attached hydrogen (secondary N) is 1. The summed E-state index contributed by atoms with van der Waals surface area (Å²) in [6.07, 6.45) is 1.76. The highest BCUT2D eigenvalue weighted by Crippen LogP contribution is 2.13. The summed E-state index contributed by atoms with van der Waals surface area (Å²) < 4.78 is 27.6. The minimum atomic E-state index is -3.76. The molecule has 0 saturated heterocycles. The number of aromatic nitrogens is 1. The summed E-state index contributed by atoms with van der Waals surface area (Å²) in [5, 5.41) is 8.98. The standard InChI is InChI=1S/C10H17N3O4S/c1-3-7(6-14)12-18(16,17)8-4-9(10(11)15)13(2)5-8/h4-5,7,12,14H,3,6H2,1-2H3,(H2,11,15)/t7-/m0/s1. The van der Waals surface area contributed by atoms with Gasteiger partial charge in [0.15, 0.2) is 0 Å². The van der Waals surface area contributed by atoms with E-state index in [0.29, 0.717) is 6.42 Å². The average Bonchev–Trinajstić information content (AvgIpc) is 2.69. The molecule has 0 unspecified atom stereocenters. The molecule has 0 aliphatic rings. The van der Waals surface area contributed by atoms with E-state index in [1.807, 2.05) is 0 Å². The molecule has 0 radical (unpaired) electrons. The first kappa shape index (κ1) is 14.7. The van der Waals surface area contributed by atoms with Crippen molar-refractivity contribution in [3.63, 3.8) is 0 Å². The van der Waals surface area contributed by atoms with Gasteiger partial charge in [-0.3, -0.25) is 4.79 Å². The van der Waals surface area contributed by atoms with Gasteiger partial charge < -0.3 is 15.4 Å². The minimum Gasteiger partial charge on any atom is -0.395 e. The van der Waals surface area contributed by atoms with Gasteiger partial charge in [-0.15, -0.1) is 0 Å². The predicted molar refractivity (Wildman–Crippen MR) is 65.4 cm³/mol. The fourth-order valence-electron chi connectivity index (χ4n) is 1.46. The van der Waals surface area contributed by atoms with Crippen LogP contribution in [-0.2, 0) is 17.1 Å². The number of nitrogens with zero attached hydrogens (tertiary/aromatic N) is 1. The van der Waals surface area contributed by atoms with Crippen molar-refractivity contribution in [3.05, 3.63) is 18.0 Å². The van der Waals surface area contributed by atoms with Crippen LogP contribution < -0.4 is 10.5 Å². The van der Waals surface area contributed by atoms with Gasteiger partial charge in [0, 0.05) is 19.3 Å². The minimum absolute atomic E-state index is 0.0503. The molecule has 0 saturated carbocycles. The molecule has 0 fully saturated rings. The average molecular weight is 275 g/mol. The molecule has 18 heavy (non-hydrogen) atoms. The van der Waals surface area contributed by atoms with Gasteiger partial charge in [0.1, 0.15) is 10.6 Å². The molecule has 1 rings (SSSR count). The molecule has 1 atom stereocenters. The number of nitrogens with two attached hydrogens (primary N) is 1. The second kappa shape index (κ2) is 5.51. The normalized spacial score (nSPS) is 13.5. The van der Waals surface area contributed by atoms with Crippen LogP contribution in [0.25, 0.3) is 0 Å². The maximum Gasteiger partial charge on any atom is 0.265 e. The van der Waals surface area contributed by atoms with Crippen molar-refractivity contribution < 1.29 is 18.3 Å². The lowest BCUT2D eigenvalue weighted by molar-refractivity contribution is 0.0992. The van der Waals surface area contributed by atoms with Crippen molar-refractivity contribution in [2.24, 2.45) is 12.8 Å². The van der Waals surface area contributed by atoms with Gasteiger partial charge in [0.2, 0.25) is 10.0 Å². The van der Waals surface area contributed by atoms with Gasteiger partial charge in [-0.05, 0) is 12.5 Å². The number of hydrogen-bond acceptors (Lipinski definition) is 4. The monoisotopic (exact) mass is 275 g/mol. The topological polar surface area (TPSA) is 114 Å². The fourth-order valence-corrected chi connectivity index (χ4v) is 2.84. The number of aliphatic hydroxyl groups is 1. The number of aliphatic hydroxyl groups excluding tert-OH is 1. The van der Waals surface area contributed by atoms with Crippen LogP contribution in [0.5, 0.6) is 0 Å². The first-order valence-electron chi connectivity index (χ1n) is 5.41. The number of primary amides is 1. The Morgan fingerprint density at radius 2 is 2.22 bits per heavy atom. The van der Waals surface area contributed by atoms with Crippen molar-refractivity contribution in [2.45, 2.75) is 24.3 Å². The van der Waals surface area contributed by atoms with Crippen LogP contribution >= 0.6 is 0 Å². The summed E-state index contributed by atoms with van der Waals surface area (Å²) in [6.45, 7) is 1.47. The summed E-state index contributed by atoms with van der Waals surface area (Å²) in [6, 6.07) is 0.654. The van der Waals surface area contributed by atoms with E-state index in [9.17, 15) is 13.2 Å². The molecule has 0 aliphatic heterocycles. The first-order valence-corrected chi connectivity index (χ1v) is 6.89. The second-order valence-electron chi connectivity index (χ2n) is 3.95. The number of hydrogen-bond donors (Lipinski definition) is 3. The van der Waals surface area contributed by atoms with Crippen molar-refractivity contribution >= 4 is 15.9 Å². The van der Waals surface area contributed by atoms with Gasteiger partial charge in [-0.25, -0.2) is 13.1 Å². The van der Waals surface area contributed by atoms with Crippen molar-refractivity contribution in [1.82, 2.24) is 9.29 Å². The molecule has 1 heterocycles. The van der Waals surface area contributed by atoms with Gasteiger partial charge in [0.05, 0.1) is 6.61 Å². The molecule has 1 aromatic rings. The van der Waals surface area contributed by atoms with E-state index in [1.54, 1.807) is 6.92 Å². The Morgan fingerprint density at radius 1 is 1.61 bits per heavy atom. The fraction of sp³-hybridized carbons (Fsp3) is 0.500. The highest BCUT2D eigenvalue weighted by molar-refractivity contribution is 7.89. The zero-order valence-electron chi connectivity index (χ0n) is 10.3. The van der Waals surface area contributed by atoms with Crippen molar-refractivity contribution in [3.8, 4) is 0 Å². The Labute approximate surface area is 106 Å². The van der Waals surface area contributed by atoms with E-state index in [-0.39, 0.29) is 17.2 Å². The van der Waals surface area contributed by atoms with Crippen LogP contribution in [0.3, 0.4) is 0 Å². The van der Waals surface area contributed by atoms with Crippen LogP contribution in [0.4, 0.5) is 0 Å². The molecule has 7 nitrogen and oxygen atoms in total. The number of aryl methyl sites for hydroxylation is 1. The van der Waals surface area contributed by atoms with E-state index in [1.165, 1.54) is 23.9 Å². The summed E-state index contributed by atoms with van der Waals surface area (Å²) in [7, 11) is -2.23. The van der Waals surface area contributed by atoms with E-state index >= 15 is 0 Å². The molecule has 1 amide bonds. The van der Waals surface area contributed by atoms with Crippen LogP contribution in [-0.4, -0.2) is 36.6 Å². The Morgan fingerprint density at radius 3 is 2.61 bits per heavy atom. The van der Waals surface area contributed by atoms with Gasteiger partial charge >= 0.3 is 0 Å². The smallest absolute Gasteiger partial charge is 0.265 e. The quantitative estimate of drug-likeness (QED) is 0.628. The molecule has 0 bridgehead atoms. The van der Waals surface area contributed by atoms with Gasteiger partial charge in [-0.1, -0.05) is 6.92 Å². The van der Waals surface area contributed by atoms with E-state index in [4.69, 9.17) is 10.8 Å². The largest absolute Gasteiger partial charge is 0.395 e. The Balaban J connectivity index is 3.06. The lowest BCUT2D eigenvalue weighted by atomic mass is 10.3. The lowest BCUT2D eigenvalue weighted by Gasteiger charge is -2.13. The number of amides is 1. The van der Waals surface area contributed by atoms with E-state index in [0.717, 1.165) is 0 Å². The lowest BCUT2D eigenvalue weighted by Crippen LogP contribution is -2.36. The zero-order chi connectivity index (χ0) is 13.9. The van der Waals surface area contributed by atoms with Gasteiger partial charge in [0.25, 0.3) is 5.91 Å². The Bertz CT molecular complexity index is 531. The summed E-state index contributed by atoms with van der Waals surface area (Å²) in [5.74, 6) is -0.701. The Hall–Kier alpha value is -1.38. The summed E-state index contributed by atoms with van der Waals surface area (Å²) in [4.78, 5) is 11.0. The number of carbonyl (C=O) groups is 1.